The molecule has 0 N–H and O–H groups in total. The molecule has 2 spiro atoms. The van der Waals surface area contributed by atoms with Crippen LogP contribution in [0.25, 0.3) is 0 Å². The Morgan fingerprint density at radius 1 is 1.00 bits per heavy atom. The van der Waals surface area contributed by atoms with Crippen molar-refractivity contribution in [3.05, 3.63) is 48.0 Å². The van der Waals surface area contributed by atoms with Crippen LogP contribution in [0.3, 0.4) is 0 Å². The van der Waals surface area contributed by atoms with Crippen molar-refractivity contribution in [1.29, 1.82) is 0 Å². The topological polar surface area (TPSA) is 105 Å². The monoisotopic (exact) mass is 606 g/mol. The van der Waals surface area contributed by atoms with E-state index in [9.17, 15) is 14.4 Å². The Hall–Kier alpha value is -2.71. The van der Waals surface area contributed by atoms with Crippen molar-refractivity contribution in [2.45, 2.75) is 116 Å². The van der Waals surface area contributed by atoms with Gasteiger partial charge in [0.2, 0.25) is 0 Å². The van der Waals surface area contributed by atoms with Crippen molar-refractivity contribution in [3.8, 4) is 0 Å². The summed E-state index contributed by atoms with van der Waals surface area (Å²) in [6.07, 6.45) is 9.63. The van der Waals surface area contributed by atoms with Gasteiger partial charge in [-0.25, -0.2) is 4.79 Å². The van der Waals surface area contributed by atoms with Crippen LogP contribution < -0.4 is 0 Å². The molecule has 1 aromatic rings. The molecule has 10 atom stereocenters. The Bertz CT molecular complexity index is 1440. The number of ether oxygens (including phenoxy) is 4. The Balaban J connectivity index is 0.000000268. The zero-order valence-corrected chi connectivity index (χ0v) is 26.9. The number of epoxide rings is 1. The van der Waals surface area contributed by atoms with Gasteiger partial charge in [-0.1, -0.05) is 30.7 Å². The van der Waals surface area contributed by atoms with Crippen LogP contribution in [0.1, 0.15) is 98.2 Å². The minimum Gasteiger partial charge on any atom is -0.472 e. The third kappa shape index (κ3) is 3.73. The van der Waals surface area contributed by atoms with E-state index >= 15 is 0 Å². The summed E-state index contributed by atoms with van der Waals surface area (Å²) in [6.45, 7) is 16.7. The Kier molecular flexibility index (Phi) is 6.57. The smallest absolute Gasteiger partial charge is 0.339 e. The predicted octanol–water partition coefficient (Wildman–Crippen LogP) is 6.45. The second-order valence-electron chi connectivity index (χ2n) is 15.6. The van der Waals surface area contributed by atoms with Gasteiger partial charge in [-0.2, -0.15) is 0 Å². The Morgan fingerprint density at radius 2 is 1.77 bits per heavy atom. The molecular formula is C36H46O8. The van der Waals surface area contributed by atoms with Gasteiger partial charge in [-0.15, -0.1) is 0 Å². The van der Waals surface area contributed by atoms with Crippen molar-refractivity contribution < 1.29 is 37.7 Å². The molecule has 4 aliphatic heterocycles. The summed E-state index contributed by atoms with van der Waals surface area (Å²) in [6, 6.07) is 1.81. The quantitative estimate of drug-likeness (QED) is 0.215. The molecule has 238 valence electrons. The van der Waals surface area contributed by atoms with Crippen LogP contribution in [-0.4, -0.2) is 47.7 Å². The number of allylic oxidation sites excluding steroid dienone is 3. The first-order valence-electron chi connectivity index (χ1n) is 16.3. The van der Waals surface area contributed by atoms with Crippen molar-refractivity contribution >= 4 is 17.7 Å². The molecule has 8 heteroatoms. The molecule has 0 bridgehead atoms. The van der Waals surface area contributed by atoms with Gasteiger partial charge in [-0.05, 0) is 84.6 Å². The van der Waals surface area contributed by atoms with Crippen LogP contribution in [0.5, 0.6) is 0 Å². The van der Waals surface area contributed by atoms with Crippen molar-refractivity contribution in [2.24, 2.45) is 34.0 Å². The minimum atomic E-state index is -0.976. The number of carbonyl (C=O) groups excluding carboxylic acids is 3. The maximum absolute atomic E-state index is 14.2. The van der Waals surface area contributed by atoms with Crippen LogP contribution in [0, 0.1) is 34.0 Å². The van der Waals surface area contributed by atoms with Gasteiger partial charge >= 0.3 is 11.9 Å². The molecule has 44 heavy (non-hydrogen) atoms. The summed E-state index contributed by atoms with van der Waals surface area (Å²) in [7, 11) is 0. The van der Waals surface area contributed by atoms with E-state index in [1.807, 2.05) is 26.8 Å². The largest absolute Gasteiger partial charge is 0.472 e. The third-order valence-corrected chi connectivity index (χ3v) is 13.1. The van der Waals surface area contributed by atoms with Gasteiger partial charge in [0.15, 0.2) is 6.10 Å². The normalized spacial score (nSPS) is 46.3. The molecule has 3 aliphatic carbocycles. The van der Waals surface area contributed by atoms with E-state index < -0.39 is 45.6 Å². The molecule has 2 saturated carbocycles. The van der Waals surface area contributed by atoms with Gasteiger partial charge < -0.3 is 23.4 Å². The van der Waals surface area contributed by atoms with Gasteiger partial charge in [0, 0.05) is 28.7 Å². The number of hydrogen-bond acceptors (Lipinski definition) is 8. The lowest BCUT2D eigenvalue weighted by atomic mass is 9.37. The molecular weight excluding hydrogens is 560 g/mol. The Labute approximate surface area is 259 Å². The molecule has 4 saturated heterocycles. The van der Waals surface area contributed by atoms with Gasteiger partial charge in [-0.3, -0.25) is 9.59 Å². The Morgan fingerprint density at radius 3 is 2.43 bits per heavy atom. The first-order chi connectivity index (χ1) is 20.7. The van der Waals surface area contributed by atoms with E-state index in [0.717, 1.165) is 17.9 Å². The molecule has 0 unspecified atom stereocenters. The number of esters is 2. The van der Waals surface area contributed by atoms with Crippen LogP contribution in [0.15, 0.2) is 46.8 Å². The fourth-order valence-electron chi connectivity index (χ4n) is 10.8. The number of rotatable bonds is 2. The molecule has 6 fully saturated rings. The van der Waals surface area contributed by atoms with E-state index in [0.29, 0.717) is 12.8 Å². The number of furan rings is 1. The fourth-order valence-corrected chi connectivity index (χ4v) is 10.8. The zero-order valence-electron chi connectivity index (χ0n) is 26.9. The number of cyclic esters (lactones) is 2. The minimum absolute atomic E-state index is 0.0677. The van der Waals surface area contributed by atoms with Gasteiger partial charge in [0.05, 0.1) is 36.1 Å². The summed E-state index contributed by atoms with van der Waals surface area (Å²) in [5.41, 5.74) is 0.128. The highest BCUT2D eigenvalue weighted by molar-refractivity contribution is 5.93. The second kappa shape index (κ2) is 9.65. The van der Waals surface area contributed by atoms with E-state index in [2.05, 4.69) is 33.4 Å². The zero-order chi connectivity index (χ0) is 31.4. The molecule has 7 aliphatic rings. The predicted molar refractivity (Wildman–Crippen MR) is 160 cm³/mol. The molecule has 0 amide bonds. The summed E-state index contributed by atoms with van der Waals surface area (Å²) >= 11 is 0. The molecule has 0 radical (unpaired) electrons. The fraction of sp³-hybridized carbons (Fsp3) is 0.694. The summed E-state index contributed by atoms with van der Waals surface area (Å²) in [4.78, 5) is 39.7. The highest BCUT2D eigenvalue weighted by Crippen LogP contribution is 2.79. The maximum atomic E-state index is 14.2. The maximum Gasteiger partial charge on any atom is 0.339 e. The van der Waals surface area contributed by atoms with Crippen LogP contribution in [-0.2, 0) is 33.3 Å². The van der Waals surface area contributed by atoms with E-state index in [1.165, 1.54) is 24.8 Å². The average Bonchev–Trinajstić information content (AvgIpc) is 3.45. The number of fused-ring (bicyclic) bond motifs is 1. The molecule has 1 aromatic heterocycles. The first kappa shape index (κ1) is 30.0. The number of Topliss-reactive ketones (excluding diaryl/α,β-unsaturated/α-hetero) is 1. The second-order valence-corrected chi connectivity index (χ2v) is 15.6. The van der Waals surface area contributed by atoms with Crippen molar-refractivity contribution in [1.82, 2.24) is 0 Å². The van der Waals surface area contributed by atoms with E-state index in [4.69, 9.17) is 23.4 Å². The lowest BCUT2D eigenvalue weighted by molar-refractivity contribution is -0.225. The number of ketones is 1. The molecule has 8 nitrogen and oxygen atoms in total. The summed E-state index contributed by atoms with van der Waals surface area (Å²) < 4.78 is 29.8. The van der Waals surface area contributed by atoms with Gasteiger partial charge in [0.25, 0.3) is 0 Å². The SMILES string of the molecule is C=C(C)[C@H]1CC=C(C)CC1.CC1(C)O[C@H]2CC(=O)OC[C@]23[C@H]2CC[C@@]4(C)[C@H](c5ccoc5)OC(=O)[C@H]5O[C@]54[C@]2(C)C(=O)C[C@@H]13. The third-order valence-electron chi connectivity index (χ3n) is 13.1. The van der Waals surface area contributed by atoms with Crippen LogP contribution >= 0.6 is 0 Å². The standard InChI is InChI=1S/C26H30O8.C10H16/c1-22(2)15-9-16(27)24(4)14(25(15)12-31-18(28)10-17(25)33-22)5-7-23(3)19(13-6-8-30-11-13)32-21(29)20-26(23,24)34-20;1-8(2)10-6-4-9(3)5-7-10/h6,8,11,14-15,17,19-20H,5,7,9-10,12H2,1-4H3;4,10H,1,5-7H2,2-3H3/t14-,15-,17-,19-,20+,23-,24-,25+,26+;10-/m00/s1. The van der Waals surface area contributed by atoms with Crippen LogP contribution in [0.2, 0.25) is 0 Å². The van der Waals surface area contributed by atoms with Crippen molar-refractivity contribution in [3.63, 3.8) is 0 Å². The molecule has 0 aromatic carbocycles. The number of hydrogen-bond donors (Lipinski definition) is 0. The molecule has 8 rings (SSSR count). The summed E-state index contributed by atoms with van der Waals surface area (Å²) in [5.74, 6) is -0.0130. The molecule has 5 heterocycles. The van der Waals surface area contributed by atoms with Gasteiger partial charge in [0.1, 0.15) is 24.1 Å². The lowest BCUT2D eigenvalue weighted by Gasteiger charge is -2.65. The highest BCUT2D eigenvalue weighted by Gasteiger charge is 2.89. The first-order valence-corrected chi connectivity index (χ1v) is 16.3. The van der Waals surface area contributed by atoms with Crippen molar-refractivity contribution in [2.75, 3.05) is 6.61 Å². The van der Waals surface area contributed by atoms with Crippen LogP contribution in [0.4, 0.5) is 0 Å². The number of carbonyl (C=O) groups is 3. The van der Waals surface area contributed by atoms with E-state index in [-0.39, 0.29) is 42.7 Å². The highest BCUT2D eigenvalue weighted by atomic mass is 16.7. The average molecular weight is 607 g/mol. The van der Waals surface area contributed by atoms with E-state index in [1.54, 1.807) is 18.1 Å². The lowest BCUT2D eigenvalue weighted by Crippen LogP contribution is -2.72. The summed E-state index contributed by atoms with van der Waals surface area (Å²) in [5, 5.41) is 0.